The molecule has 4 rings (SSSR count). The quantitative estimate of drug-likeness (QED) is 0.159. The molecule has 0 aliphatic carbocycles. The molecular weight excluding hydrogens is 599 g/mol. The maximum absolute atomic E-state index is 13.2. The number of ether oxygens (including phenoxy) is 3. The van der Waals surface area contributed by atoms with Gasteiger partial charge in [0.05, 0.1) is 39.3 Å². The first-order valence-corrected chi connectivity index (χ1v) is 15.6. The summed E-state index contributed by atoms with van der Waals surface area (Å²) in [5.41, 5.74) is 3.21. The number of rotatable bonds is 13. The number of benzene rings is 2. The summed E-state index contributed by atoms with van der Waals surface area (Å²) in [5, 5.41) is 23.5. The molecule has 2 heterocycles. The lowest BCUT2D eigenvalue weighted by Crippen LogP contribution is -2.25. The van der Waals surface area contributed by atoms with Gasteiger partial charge in [-0.2, -0.15) is 0 Å². The lowest BCUT2D eigenvalue weighted by molar-refractivity contribution is -0.113. The van der Waals surface area contributed by atoms with Crippen LogP contribution in [0.25, 0.3) is 5.69 Å². The van der Waals surface area contributed by atoms with Gasteiger partial charge in [0.15, 0.2) is 26.8 Å². The largest absolute Gasteiger partial charge is 0.493 e. The molecule has 0 bridgehead atoms. The van der Waals surface area contributed by atoms with Gasteiger partial charge in [0.25, 0.3) is 5.91 Å². The van der Waals surface area contributed by atoms with E-state index in [2.05, 4.69) is 31.0 Å². The first-order valence-electron chi connectivity index (χ1n) is 12.8. The maximum Gasteiger partial charge on any atom is 0.251 e. The van der Waals surface area contributed by atoms with E-state index in [1.54, 1.807) is 23.9 Å². The number of hydrogen-bond acceptors (Lipinski definition) is 12. The van der Waals surface area contributed by atoms with Crippen LogP contribution in [-0.2, 0) is 11.3 Å². The van der Waals surface area contributed by atoms with Gasteiger partial charge >= 0.3 is 0 Å². The van der Waals surface area contributed by atoms with Crippen molar-refractivity contribution in [3.8, 4) is 22.9 Å². The van der Waals surface area contributed by atoms with Crippen molar-refractivity contribution in [2.75, 3.05) is 38.2 Å². The van der Waals surface area contributed by atoms with Crippen molar-refractivity contribution in [1.82, 2.24) is 30.3 Å². The van der Waals surface area contributed by atoms with E-state index in [1.807, 2.05) is 43.5 Å². The van der Waals surface area contributed by atoms with Crippen molar-refractivity contribution < 1.29 is 23.8 Å². The first kappa shape index (κ1) is 31.1. The molecule has 2 aromatic carbocycles. The minimum absolute atomic E-state index is 0.0747. The molecular formula is C27H31N7O5S3. The van der Waals surface area contributed by atoms with Gasteiger partial charge < -0.3 is 19.5 Å². The molecule has 2 amide bonds. The molecule has 222 valence electrons. The number of aromatic nitrogens is 5. The molecule has 0 aliphatic rings. The topological polar surface area (TPSA) is 142 Å². The van der Waals surface area contributed by atoms with E-state index in [1.165, 1.54) is 44.4 Å². The predicted molar refractivity (Wildman–Crippen MR) is 164 cm³/mol. The minimum Gasteiger partial charge on any atom is -0.493 e. The Hall–Kier alpha value is -3.82. The fourth-order valence-electron chi connectivity index (χ4n) is 3.91. The van der Waals surface area contributed by atoms with Crippen LogP contribution in [0, 0.1) is 13.8 Å². The average Bonchev–Trinajstić information content (AvgIpc) is 3.61. The molecule has 2 aromatic heterocycles. The molecule has 0 unspecified atom stereocenters. The molecule has 12 nitrogen and oxygen atoms in total. The van der Waals surface area contributed by atoms with E-state index in [0.717, 1.165) is 26.9 Å². The smallest absolute Gasteiger partial charge is 0.251 e. The van der Waals surface area contributed by atoms with E-state index in [4.69, 9.17) is 14.2 Å². The number of nitrogens with one attached hydrogen (secondary N) is 2. The van der Waals surface area contributed by atoms with Crippen molar-refractivity contribution in [2.45, 2.75) is 36.8 Å². The molecule has 15 heteroatoms. The lowest BCUT2D eigenvalue weighted by atomic mass is 10.1. The summed E-state index contributed by atoms with van der Waals surface area (Å²) in [6.07, 6.45) is 0. The van der Waals surface area contributed by atoms with Gasteiger partial charge in [-0.15, -0.1) is 20.4 Å². The van der Waals surface area contributed by atoms with Crippen LogP contribution >= 0.6 is 34.9 Å². The fraction of sp³-hybridized carbons (Fsp3) is 0.333. The van der Waals surface area contributed by atoms with Crippen molar-refractivity contribution in [2.24, 2.45) is 0 Å². The standard InChI is InChI=1S/C27H31N7O5S3/c1-7-40-27-33-31-25(42-27)29-22(35)14-41-26-32-30-21(34(26)18-10-15(2)8-9-16(18)3)13-28-24(36)17-11-19(37-4)23(39-6)20(12-17)38-5/h8-12H,7,13-14H2,1-6H3,(H,28,36)(H,29,31,35). The summed E-state index contributed by atoms with van der Waals surface area (Å²) in [6, 6.07) is 9.19. The number of nitrogens with zero attached hydrogens (tertiary/aromatic N) is 5. The van der Waals surface area contributed by atoms with E-state index in [0.29, 0.717) is 38.9 Å². The van der Waals surface area contributed by atoms with Gasteiger partial charge in [-0.25, -0.2) is 0 Å². The Bertz CT molecular complexity index is 1550. The van der Waals surface area contributed by atoms with Gasteiger partial charge in [0, 0.05) is 5.56 Å². The van der Waals surface area contributed by atoms with Crippen molar-refractivity contribution in [3.63, 3.8) is 0 Å². The predicted octanol–water partition coefficient (Wildman–Crippen LogP) is 4.53. The first-order chi connectivity index (χ1) is 20.3. The Balaban J connectivity index is 1.55. The maximum atomic E-state index is 13.2. The second-order valence-corrected chi connectivity index (χ2v) is 12.2. The van der Waals surface area contributed by atoms with Crippen LogP contribution < -0.4 is 24.8 Å². The van der Waals surface area contributed by atoms with Crippen molar-refractivity contribution in [3.05, 3.63) is 52.8 Å². The van der Waals surface area contributed by atoms with Gasteiger partial charge in [-0.1, -0.05) is 53.9 Å². The zero-order valence-corrected chi connectivity index (χ0v) is 26.5. The molecule has 4 aromatic rings. The highest BCUT2D eigenvalue weighted by Crippen LogP contribution is 2.38. The Labute approximate surface area is 256 Å². The SMILES string of the molecule is CCSc1nnc(NC(=O)CSc2nnc(CNC(=O)c3cc(OC)c(OC)c(OC)c3)n2-c2cc(C)ccc2C)s1. The number of amides is 2. The van der Waals surface area contributed by atoms with Crippen molar-refractivity contribution >= 4 is 51.8 Å². The summed E-state index contributed by atoms with van der Waals surface area (Å²) in [5.74, 6) is 1.97. The molecule has 0 spiro atoms. The third-order valence-electron chi connectivity index (χ3n) is 5.89. The molecule has 2 N–H and O–H groups in total. The molecule has 0 saturated carbocycles. The van der Waals surface area contributed by atoms with Crippen LogP contribution in [0.4, 0.5) is 5.13 Å². The molecule has 0 radical (unpaired) electrons. The van der Waals surface area contributed by atoms with Crippen LogP contribution in [0.2, 0.25) is 0 Å². The number of aryl methyl sites for hydroxylation is 2. The van der Waals surface area contributed by atoms with Crippen molar-refractivity contribution in [1.29, 1.82) is 0 Å². The molecule has 0 fully saturated rings. The molecule has 42 heavy (non-hydrogen) atoms. The summed E-state index contributed by atoms with van der Waals surface area (Å²) in [4.78, 5) is 25.9. The van der Waals surface area contributed by atoms with Crippen LogP contribution in [-0.4, -0.2) is 69.6 Å². The third-order valence-corrected chi connectivity index (χ3v) is 8.68. The molecule has 0 saturated heterocycles. The highest BCUT2D eigenvalue weighted by Gasteiger charge is 2.21. The third kappa shape index (κ3) is 7.33. The van der Waals surface area contributed by atoms with Crippen LogP contribution in [0.5, 0.6) is 17.2 Å². The number of hydrogen-bond donors (Lipinski definition) is 2. The van der Waals surface area contributed by atoms with Gasteiger partial charge in [-0.05, 0) is 48.9 Å². The second kappa shape index (κ2) is 14.4. The zero-order valence-electron chi connectivity index (χ0n) is 24.0. The summed E-state index contributed by atoms with van der Waals surface area (Å²) in [7, 11) is 4.47. The monoisotopic (exact) mass is 629 g/mol. The number of methoxy groups -OCH3 is 3. The van der Waals surface area contributed by atoms with E-state index >= 15 is 0 Å². The number of carbonyl (C=O) groups is 2. The second-order valence-electron chi connectivity index (χ2n) is 8.76. The Morgan fingerprint density at radius 2 is 1.69 bits per heavy atom. The van der Waals surface area contributed by atoms with E-state index in [9.17, 15) is 9.59 Å². The highest BCUT2D eigenvalue weighted by atomic mass is 32.2. The number of carbonyl (C=O) groups excluding carboxylic acids is 2. The minimum atomic E-state index is -0.365. The number of thioether (sulfide) groups is 2. The Morgan fingerprint density at radius 1 is 0.952 bits per heavy atom. The van der Waals surface area contributed by atoms with Crippen LogP contribution in [0.3, 0.4) is 0 Å². The zero-order chi connectivity index (χ0) is 30.2. The Morgan fingerprint density at radius 3 is 2.36 bits per heavy atom. The normalized spacial score (nSPS) is 10.8. The Kier molecular flexibility index (Phi) is 10.7. The summed E-state index contributed by atoms with van der Waals surface area (Å²) in [6.45, 7) is 6.08. The number of anilines is 1. The lowest BCUT2D eigenvalue weighted by Gasteiger charge is -2.15. The van der Waals surface area contributed by atoms with Gasteiger partial charge in [0.2, 0.25) is 16.8 Å². The van der Waals surface area contributed by atoms with E-state index in [-0.39, 0.29) is 24.1 Å². The highest BCUT2D eigenvalue weighted by molar-refractivity contribution is 8.01. The summed E-state index contributed by atoms with van der Waals surface area (Å²) < 4.78 is 18.8. The summed E-state index contributed by atoms with van der Waals surface area (Å²) >= 11 is 4.13. The van der Waals surface area contributed by atoms with Gasteiger partial charge in [0.1, 0.15) is 0 Å². The van der Waals surface area contributed by atoms with E-state index < -0.39 is 0 Å². The van der Waals surface area contributed by atoms with Crippen LogP contribution in [0.1, 0.15) is 34.2 Å². The molecule has 0 atom stereocenters. The average molecular weight is 630 g/mol. The molecule has 0 aliphatic heterocycles. The van der Waals surface area contributed by atoms with Gasteiger partial charge in [-0.3, -0.25) is 19.5 Å². The fourth-order valence-corrected chi connectivity index (χ4v) is 6.34. The van der Waals surface area contributed by atoms with Crippen LogP contribution in [0.15, 0.2) is 39.8 Å².